The summed E-state index contributed by atoms with van der Waals surface area (Å²) in [4.78, 5) is 0.0110. The van der Waals surface area contributed by atoms with Crippen LogP contribution in [0, 0.1) is 0 Å². The first-order valence-electron chi connectivity index (χ1n) is 6.48. The number of sulfonamides is 1. The maximum atomic E-state index is 12.5. The van der Waals surface area contributed by atoms with Gasteiger partial charge in [-0.25, -0.2) is 8.42 Å². The van der Waals surface area contributed by atoms with E-state index in [2.05, 4.69) is 4.72 Å². The van der Waals surface area contributed by atoms with E-state index in [0.29, 0.717) is 11.4 Å². The summed E-state index contributed by atoms with van der Waals surface area (Å²) in [6.07, 6.45) is 0. The van der Waals surface area contributed by atoms with Crippen molar-refractivity contribution >= 4 is 33.0 Å². The van der Waals surface area contributed by atoms with Gasteiger partial charge >= 0.3 is 0 Å². The number of para-hydroxylation sites is 1. The second-order valence-corrected chi connectivity index (χ2v) is 7.10. The highest BCUT2D eigenvalue weighted by atomic mass is 35.5. The number of rotatable bonds is 4. The molecule has 0 fully saturated rings. The summed E-state index contributed by atoms with van der Waals surface area (Å²) in [6.45, 7) is 4.01. The van der Waals surface area contributed by atoms with Gasteiger partial charge in [-0.05, 0) is 35.7 Å². The van der Waals surface area contributed by atoms with Crippen LogP contribution in [-0.4, -0.2) is 8.42 Å². The number of anilines is 2. The molecule has 0 bridgehead atoms. The summed E-state index contributed by atoms with van der Waals surface area (Å²) >= 11 is 5.98. The number of nitrogens with one attached hydrogen (secondary N) is 1. The van der Waals surface area contributed by atoms with E-state index < -0.39 is 10.0 Å². The lowest BCUT2D eigenvalue weighted by Crippen LogP contribution is -2.15. The smallest absolute Gasteiger partial charge is 0.263 e. The summed E-state index contributed by atoms with van der Waals surface area (Å²) < 4.78 is 27.5. The van der Waals surface area contributed by atoms with Crippen LogP contribution in [0.15, 0.2) is 47.4 Å². The lowest BCUT2D eigenvalue weighted by molar-refractivity contribution is 0.601. The molecule has 0 saturated carbocycles. The number of hydrogen-bond acceptors (Lipinski definition) is 3. The van der Waals surface area contributed by atoms with Crippen LogP contribution in [0.4, 0.5) is 11.4 Å². The van der Waals surface area contributed by atoms with Gasteiger partial charge in [-0.1, -0.05) is 43.6 Å². The van der Waals surface area contributed by atoms with Crippen molar-refractivity contribution < 1.29 is 8.42 Å². The van der Waals surface area contributed by atoms with E-state index in [1.165, 1.54) is 18.2 Å². The Bertz CT molecular complexity index is 758. The third kappa shape index (κ3) is 3.49. The first kappa shape index (κ1) is 15.7. The standard InChI is InChI=1S/C15H17ClN2O2S/c1-10(2)12-5-3-4-6-14(12)18-21(19,20)15-8-7-11(17)9-13(15)16/h3-10,18H,17H2,1-2H3. The molecule has 0 heterocycles. The van der Waals surface area contributed by atoms with E-state index in [1.54, 1.807) is 12.1 Å². The number of nitrogen functional groups attached to an aromatic ring is 1. The zero-order valence-corrected chi connectivity index (χ0v) is 13.4. The van der Waals surface area contributed by atoms with E-state index in [4.69, 9.17) is 17.3 Å². The van der Waals surface area contributed by atoms with Crippen LogP contribution in [-0.2, 0) is 10.0 Å². The van der Waals surface area contributed by atoms with Crippen molar-refractivity contribution in [2.45, 2.75) is 24.7 Å². The lowest BCUT2D eigenvalue weighted by atomic mass is 10.0. The molecular weight excluding hydrogens is 308 g/mol. The van der Waals surface area contributed by atoms with Gasteiger partial charge in [0.2, 0.25) is 0 Å². The highest BCUT2D eigenvalue weighted by Crippen LogP contribution is 2.29. The highest BCUT2D eigenvalue weighted by Gasteiger charge is 2.19. The summed E-state index contributed by atoms with van der Waals surface area (Å²) in [5, 5.41) is 0.101. The monoisotopic (exact) mass is 324 g/mol. The molecule has 2 rings (SSSR count). The molecule has 4 nitrogen and oxygen atoms in total. The molecule has 112 valence electrons. The molecule has 0 atom stereocenters. The van der Waals surface area contributed by atoms with Gasteiger partial charge in [0.15, 0.2) is 0 Å². The molecule has 0 aliphatic carbocycles. The van der Waals surface area contributed by atoms with Crippen molar-refractivity contribution in [3.63, 3.8) is 0 Å². The molecule has 0 unspecified atom stereocenters. The number of hydrogen-bond donors (Lipinski definition) is 2. The lowest BCUT2D eigenvalue weighted by Gasteiger charge is -2.15. The molecule has 2 aromatic rings. The zero-order valence-electron chi connectivity index (χ0n) is 11.8. The molecule has 2 aromatic carbocycles. The second-order valence-electron chi connectivity index (χ2n) is 5.04. The van der Waals surface area contributed by atoms with Gasteiger partial charge in [0, 0.05) is 5.69 Å². The zero-order chi connectivity index (χ0) is 15.6. The van der Waals surface area contributed by atoms with Crippen LogP contribution in [0.25, 0.3) is 0 Å². The van der Waals surface area contributed by atoms with Gasteiger partial charge in [0.1, 0.15) is 4.90 Å². The van der Waals surface area contributed by atoms with E-state index in [-0.39, 0.29) is 15.8 Å². The average molecular weight is 325 g/mol. The number of benzene rings is 2. The topological polar surface area (TPSA) is 72.2 Å². The predicted octanol–water partition coefficient (Wildman–Crippen LogP) is 3.85. The van der Waals surface area contributed by atoms with Crippen molar-refractivity contribution in [2.75, 3.05) is 10.5 Å². The minimum absolute atomic E-state index is 0.0110. The number of halogens is 1. The molecule has 0 aromatic heterocycles. The predicted molar refractivity (Wildman–Crippen MR) is 87.2 cm³/mol. The fourth-order valence-electron chi connectivity index (χ4n) is 2.03. The molecule has 0 aliphatic rings. The molecule has 0 spiro atoms. The fourth-order valence-corrected chi connectivity index (χ4v) is 3.67. The molecule has 0 radical (unpaired) electrons. The van der Waals surface area contributed by atoms with Crippen LogP contribution >= 0.6 is 11.6 Å². The van der Waals surface area contributed by atoms with Gasteiger partial charge < -0.3 is 5.73 Å². The molecule has 21 heavy (non-hydrogen) atoms. The fraction of sp³-hybridized carbons (Fsp3) is 0.200. The molecular formula is C15H17ClN2O2S. The van der Waals surface area contributed by atoms with Crippen LogP contribution in [0.5, 0.6) is 0 Å². The largest absolute Gasteiger partial charge is 0.399 e. The Balaban J connectivity index is 2.43. The molecule has 0 amide bonds. The maximum absolute atomic E-state index is 12.5. The summed E-state index contributed by atoms with van der Waals surface area (Å²) in [6, 6.07) is 11.6. The van der Waals surface area contributed by atoms with Crippen LogP contribution in [0.1, 0.15) is 25.3 Å². The maximum Gasteiger partial charge on any atom is 0.263 e. The van der Waals surface area contributed by atoms with E-state index >= 15 is 0 Å². The Morgan fingerprint density at radius 2 is 1.81 bits per heavy atom. The van der Waals surface area contributed by atoms with Crippen molar-refractivity contribution in [1.82, 2.24) is 0 Å². The molecule has 3 N–H and O–H groups in total. The van der Waals surface area contributed by atoms with Crippen molar-refractivity contribution in [3.05, 3.63) is 53.1 Å². The molecule has 0 aliphatic heterocycles. The Kier molecular flexibility index (Phi) is 4.44. The average Bonchev–Trinajstić information content (AvgIpc) is 2.37. The van der Waals surface area contributed by atoms with E-state index in [9.17, 15) is 8.42 Å². The van der Waals surface area contributed by atoms with E-state index in [0.717, 1.165) is 5.56 Å². The Hall–Kier alpha value is -1.72. The van der Waals surface area contributed by atoms with Gasteiger partial charge in [-0.2, -0.15) is 0 Å². The molecule has 6 heteroatoms. The normalized spacial score (nSPS) is 11.6. The van der Waals surface area contributed by atoms with Gasteiger partial charge in [-0.3, -0.25) is 4.72 Å². The first-order valence-corrected chi connectivity index (χ1v) is 8.34. The number of nitrogens with two attached hydrogens (primary N) is 1. The summed E-state index contributed by atoms with van der Waals surface area (Å²) in [5.74, 6) is 0.200. The summed E-state index contributed by atoms with van der Waals surface area (Å²) in [7, 11) is -3.75. The van der Waals surface area contributed by atoms with Gasteiger partial charge in [0.05, 0.1) is 10.7 Å². The Morgan fingerprint density at radius 3 is 2.43 bits per heavy atom. The quantitative estimate of drug-likeness (QED) is 0.839. The van der Waals surface area contributed by atoms with Gasteiger partial charge in [-0.15, -0.1) is 0 Å². The third-order valence-corrected chi connectivity index (χ3v) is 4.92. The van der Waals surface area contributed by atoms with Crippen molar-refractivity contribution in [2.24, 2.45) is 0 Å². The molecule has 0 saturated heterocycles. The van der Waals surface area contributed by atoms with Crippen molar-refractivity contribution in [3.8, 4) is 0 Å². The first-order chi connectivity index (χ1) is 9.81. The van der Waals surface area contributed by atoms with Gasteiger partial charge in [0.25, 0.3) is 10.0 Å². The SMILES string of the molecule is CC(C)c1ccccc1NS(=O)(=O)c1ccc(N)cc1Cl. The van der Waals surface area contributed by atoms with Crippen LogP contribution < -0.4 is 10.5 Å². The second kappa shape index (κ2) is 5.95. The summed E-state index contributed by atoms with van der Waals surface area (Å²) in [5.41, 5.74) is 7.49. The van der Waals surface area contributed by atoms with E-state index in [1.807, 2.05) is 26.0 Å². The van der Waals surface area contributed by atoms with Crippen LogP contribution in [0.2, 0.25) is 5.02 Å². The minimum Gasteiger partial charge on any atom is -0.399 e. The van der Waals surface area contributed by atoms with Crippen molar-refractivity contribution in [1.29, 1.82) is 0 Å². The Labute approximate surface area is 130 Å². The highest BCUT2D eigenvalue weighted by molar-refractivity contribution is 7.92. The minimum atomic E-state index is -3.75. The Morgan fingerprint density at radius 1 is 1.14 bits per heavy atom. The van der Waals surface area contributed by atoms with Crippen LogP contribution in [0.3, 0.4) is 0 Å². The third-order valence-electron chi connectivity index (χ3n) is 3.07.